The number of rotatable bonds is 4. The second-order valence-electron chi connectivity index (χ2n) is 3.80. The molecule has 0 saturated heterocycles. The highest BCUT2D eigenvalue weighted by molar-refractivity contribution is 8.00. The Kier molecular flexibility index (Phi) is 4.64. The van der Waals surface area contributed by atoms with Crippen LogP contribution in [0.3, 0.4) is 0 Å². The predicted octanol–water partition coefficient (Wildman–Crippen LogP) is 2.92. The molecular weight excluding hydrogens is 184 g/mol. The van der Waals surface area contributed by atoms with E-state index in [1.54, 1.807) is 0 Å². The van der Waals surface area contributed by atoms with Crippen LogP contribution in [0.1, 0.15) is 45.4 Å². The minimum absolute atomic E-state index is 0.278. The van der Waals surface area contributed by atoms with Gasteiger partial charge < -0.3 is 5.11 Å². The van der Waals surface area contributed by atoms with E-state index in [1.807, 2.05) is 18.7 Å². The summed E-state index contributed by atoms with van der Waals surface area (Å²) >= 11 is 1.87. The van der Waals surface area contributed by atoms with Crippen molar-refractivity contribution in [3.05, 3.63) is 0 Å². The first-order valence-electron chi connectivity index (χ1n) is 5.05. The first kappa shape index (κ1) is 10.9. The van der Waals surface area contributed by atoms with E-state index in [4.69, 9.17) is 5.11 Å². The largest absolute Gasteiger partial charge is 0.481 e. The molecule has 0 bridgehead atoms. The maximum Gasteiger partial charge on any atom is 0.304 e. The Hall–Kier alpha value is -0.180. The lowest BCUT2D eigenvalue weighted by Crippen LogP contribution is -2.14. The average molecular weight is 202 g/mol. The molecule has 1 unspecified atom stereocenters. The molecule has 1 rings (SSSR count). The van der Waals surface area contributed by atoms with E-state index in [2.05, 4.69) is 0 Å². The van der Waals surface area contributed by atoms with Gasteiger partial charge in [-0.15, -0.1) is 0 Å². The summed E-state index contributed by atoms with van der Waals surface area (Å²) < 4.78 is 0. The lowest BCUT2D eigenvalue weighted by atomic mass is 10.0. The smallest absolute Gasteiger partial charge is 0.304 e. The van der Waals surface area contributed by atoms with Gasteiger partial charge in [-0.25, -0.2) is 0 Å². The van der Waals surface area contributed by atoms with Gasteiger partial charge in [-0.2, -0.15) is 11.8 Å². The van der Waals surface area contributed by atoms with Crippen molar-refractivity contribution in [1.82, 2.24) is 0 Å². The highest BCUT2D eigenvalue weighted by atomic mass is 32.2. The summed E-state index contributed by atoms with van der Waals surface area (Å²) in [5.74, 6) is -0.671. The minimum Gasteiger partial charge on any atom is -0.481 e. The van der Waals surface area contributed by atoms with Crippen LogP contribution in [-0.2, 0) is 4.79 Å². The Morgan fingerprint density at radius 3 is 2.62 bits per heavy atom. The molecule has 1 aliphatic carbocycles. The molecule has 1 aliphatic rings. The number of carbonyl (C=O) groups is 1. The Morgan fingerprint density at radius 2 is 2.08 bits per heavy atom. The van der Waals surface area contributed by atoms with Gasteiger partial charge in [-0.05, 0) is 12.8 Å². The van der Waals surface area contributed by atoms with Crippen molar-refractivity contribution in [2.75, 3.05) is 0 Å². The van der Waals surface area contributed by atoms with Crippen LogP contribution in [-0.4, -0.2) is 21.6 Å². The zero-order valence-corrected chi connectivity index (χ0v) is 8.98. The monoisotopic (exact) mass is 202 g/mol. The summed E-state index contributed by atoms with van der Waals surface area (Å²) in [6.45, 7) is 2.02. The summed E-state index contributed by atoms with van der Waals surface area (Å²) in [5, 5.41) is 9.60. The fourth-order valence-electron chi connectivity index (χ4n) is 1.82. The van der Waals surface area contributed by atoms with Crippen LogP contribution in [0.5, 0.6) is 0 Å². The van der Waals surface area contributed by atoms with Gasteiger partial charge in [0.25, 0.3) is 0 Å². The van der Waals surface area contributed by atoms with Crippen LogP contribution in [0, 0.1) is 0 Å². The van der Waals surface area contributed by atoms with Crippen LogP contribution in [0.4, 0.5) is 0 Å². The first-order valence-corrected chi connectivity index (χ1v) is 6.00. The zero-order chi connectivity index (χ0) is 9.68. The zero-order valence-electron chi connectivity index (χ0n) is 8.16. The molecule has 0 heterocycles. The van der Waals surface area contributed by atoms with Gasteiger partial charge in [-0.1, -0.05) is 26.2 Å². The molecule has 0 aliphatic heterocycles. The molecule has 76 valence electrons. The van der Waals surface area contributed by atoms with E-state index < -0.39 is 5.97 Å². The quantitative estimate of drug-likeness (QED) is 0.761. The predicted molar refractivity (Wildman–Crippen MR) is 56.2 cm³/mol. The van der Waals surface area contributed by atoms with Gasteiger partial charge in [0, 0.05) is 10.5 Å². The standard InChI is InChI=1S/C10H18O2S/c1-8(7-10(11)12)13-9-5-3-2-4-6-9/h8-9H,2-7H2,1H3,(H,11,12). The highest BCUT2D eigenvalue weighted by Gasteiger charge is 2.18. The molecule has 0 radical (unpaired) electrons. The Morgan fingerprint density at radius 1 is 1.46 bits per heavy atom. The summed E-state index contributed by atoms with van der Waals surface area (Å²) in [7, 11) is 0. The van der Waals surface area contributed by atoms with Crippen LogP contribution in [0.15, 0.2) is 0 Å². The van der Waals surface area contributed by atoms with Gasteiger partial charge in [0.2, 0.25) is 0 Å². The number of hydrogen-bond donors (Lipinski definition) is 1. The summed E-state index contributed by atoms with van der Waals surface area (Å²) in [5.41, 5.74) is 0. The highest BCUT2D eigenvalue weighted by Crippen LogP contribution is 2.31. The van der Waals surface area contributed by atoms with E-state index in [0.717, 1.165) is 5.25 Å². The molecule has 1 saturated carbocycles. The van der Waals surface area contributed by atoms with Crippen LogP contribution < -0.4 is 0 Å². The van der Waals surface area contributed by atoms with Crippen molar-refractivity contribution in [2.45, 2.75) is 55.9 Å². The number of aliphatic carboxylic acids is 1. The van der Waals surface area contributed by atoms with Crippen molar-refractivity contribution in [3.63, 3.8) is 0 Å². The summed E-state index contributed by atoms with van der Waals surface area (Å²) in [6, 6.07) is 0. The topological polar surface area (TPSA) is 37.3 Å². The third kappa shape index (κ3) is 4.55. The molecule has 0 aromatic rings. The molecule has 0 spiro atoms. The number of carboxylic acids is 1. The molecule has 2 nitrogen and oxygen atoms in total. The van der Waals surface area contributed by atoms with E-state index in [1.165, 1.54) is 32.1 Å². The van der Waals surface area contributed by atoms with E-state index in [-0.39, 0.29) is 5.25 Å². The lowest BCUT2D eigenvalue weighted by molar-refractivity contribution is -0.136. The van der Waals surface area contributed by atoms with Crippen LogP contribution >= 0.6 is 11.8 Å². The molecule has 1 atom stereocenters. The molecule has 1 fully saturated rings. The van der Waals surface area contributed by atoms with Crippen LogP contribution in [0.25, 0.3) is 0 Å². The fourth-order valence-corrected chi connectivity index (χ4v) is 3.33. The SMILES string of the molecule is CC(CC(=O)O)SC1CCCCC1. The summed E-state index contributed by atoms with van der Waals surface area (Å²) in [4.78, 5) is 10.4. The maximum atomic E-state index is 10.4. The number of hydrogen-bond acceptors (Lipinski definition) is 2. The minimum atomic E-state index is -0.671. The molecule has 1 N–H and O–H groups in total. The van der Waals surface area contributed by atoms with E-state index >= 15 is 0 Å². The maximum absolute atomic E-state index is 10.4. The van der Waals surface area contributed by atoms with Gasteiger partial charge in [0.1, 0.15) is 0 Å². The molecule has 0 aromatic carbocycles. The van der Waals surface area contributed by atoms with Crippen molar-refractivity contribution in [1.29, 1.82) is 0 Å². The van der Waals surface area contributed by atoms with Gasteiger partial charge >= 0.3 is 5.97 Å². The Balaban J connectivity index is 2.18. The average Bonchev–Trinajstić information content (AvgIpc) is 2.04. The van der Waals surface area contributed by atoms with Gasteiger partial charge in [0.15, 0.2) is 0 Å². The van der Waals surface area contributed by atoms with Crippen LogP contribution in [0.2, 0.25) is 0 Å². The lowest BCUT2D eigenvalue weighted by Gasteiger charge is -2.23. The van der Waals surface area contributed by atoms with Crippen molar-refractivity contribution < 1.29 is 9.90 Å². The molecule has 0 amide bonds. The van der Waals surface area contributed by atoms with E-state index in [0.29, 0.717) is 6.42 Å². The third-order valence-electron chi connectivity index (χ3n) is 2.44. The molecule has 3 heteroatoms. The molecular formula is C10H18O2S. The Bertz CT molecular complexity index is 164. The Labute approximate surface area is 84.1 Å². The second-order valence-corrected chi connectivity index (χ2v) is 5.55. The number of carboxylic acid groups (broad SMARTS) is 1. The van der Waals surface area contributed by atoms with Gasteiger partial charge in [0.05, 0.1) is 6.42 Å². The first-order chi connectivity index (χ1) is 6.18. The normalized spacial score (nSPS) is 21.3. The van der Waals surface area contributed by atoms with E-state index in [9.17, 15) is 4.79 Å². The van der Waals surface area contributed by atoms with Crippen molar-refractivity contribution in [3.8, 4) is 0 Å². The van der Waals surface area contributed by atoms with Crippen molar-refractivity contribution >= 4 is 17.7 Å². The van der Waals surface area contributed by atoms with Crippen molar-refractivity contribution in [2.24, 2.45) is 0 Å². The summed E-state index contributed by atoms with van der Waals surface area (Å²) in [6.07, 6.45) is 6.91. The molecule has 13 heavy (non-hydrogen) atoms. The third-order valence-corrected chi connectivity index (χ3v) is 3.93. The fraction of sp³-hybridized carbons (Fsp3) is 0.900. The van der Waals surface area contributed by atoms with Gasteiger partial charge in [-0.3, -0.25) is 4.79 Å². The second kappa shape index (κ2) is 5.53. The molecule has 0 aromatic heterocycles. The number of thioether (sulfide) groups is 1.